The van der Waals surface area contributed by atoms with Gasteiger partial charge in [0.1, 0.15) is 16.4 Å². The number of para-hydroxylation sites is 1. The molecule has 0 fully saturated rings. The molecule has 0 amide bonds. The standard InChI is InChI=1S/C18H23NO4S/c1-13(2)18(14-9-11-15(22-3)12-10-14)19-24(20,21)17-8-6-5-7-16(17)23-4/h5-13,18-19H,1-4H3. The highest BCUT2D eigenvalue weighted by Gasteiger charge is 2.26. The summed E-state index contributed by atoms with van der Waals surface area (Å²) in [6, 6.07) is 13.6. The van der Waals surface area contributed by atoms with Crippen molar-refractivity contribution in [1.29, 1.82) is 0 Å². The van der Waals surface area contributed by atoms with Crippen molar-refractivity contribution in [3.05, 3.63) is 54.1 Å². The molecule has 1 atom stereocenters. The van der Waals surface area contributed by atoms with E-state index in [0.29, 0.717) is 5.75 Å². The monoisotopic (exact) mass is 349 g/mol. The number of rotatable bonds is 7. The lowest BCUT2D eigenvalue weighted by Gasteiger charge is -2.23. The molecule has 0 radical (unpaired) electrons. The van der Waals surface area contributed by atoms with E-state index in [1.54, 1.807) is 25.3 Å². The van der Waals surface area contributed by atoms with Crippen LogP contribution in [0.4, 0.5) is 0 Å². The van der Waals surface area contributed by atoms with Gasteiger partial charge in [-0.2, -0.15) is 0 Å². The second kappa shape index (κ2) is 7.68. The molecule has 24 heavy (non-hydrogen) atoms. The summed E-state index contributed by atoms with van der Waals surface area (Å²) in [6.07, 6.45) is 0. The van der Waals surface area contributed by atoms with Gasteiger partial charge in [0.05, 0.1) is 14.2 Å². The second-order valence-electron chi connectivity index (χ2n) is 5.77. The first-order valence-corrected chi connectivity index (χ1v) is 9.16. The van der Waals surface area contributed by atoms with E-state index in [9.17, 15) is 8.42 Å². The van der Waals surface area contributed by atoms with Crippen LogP contribution in [0.1, 0.15) is 25.5 Å². The topological polar surface area (TPSA) is 64.6 Å². The van der Waals surface area contributed by atoms with Crippen LogP contribution in [0.2, 0.25) is 0 Å². The molecule has 0 saturated heterocycles. The Morgan fingerprint density at radius 1 is 0.917 bits per heavy atom. The summed E-state index contributed by atoms with van der Waals surface area (Å²) < 4.78 is 38.7. The maximum atomic E-state index is 12.8. The zero-order valence-corrected chi connectivity index (χ0v) is 15.1. The molecule has 0 aliphatic carbocycles. The maximum absolute atomic E-state index is 12.8. The van der Waals surface area contributed by atoms with Gasteiger partial charge in [-0.15, -0.1) is 0 Å². The van der Waals surface area contributed by atoms with E-state index in [4.69, 9.17) is 9.47 Å². The molecule has 6 heteroatoms. The second-order valence-corrected chi connectivity index (χ2v) is 7.45. The minimum atomic E-state index is -3.72. The Morgan fingerprint density at radius 3 is 2.08 bits per heavy atom. The molecule has 0 aromatic heterocycles. The van der Waals surface area contributed by atoms with Crippen LogP contribution in [0.25, 0.3) is 0 Å². The van der Waals surface area contributed by atoms with Crippen molar-refractivity contribution in [2.24, 2.45) is 5.92 Å². The summed E-state index contributed by atoms with van der Waals surface area (Å²) in [5, 5.41) is 0. The lowest BCUT2D eigenvalue weighted by Crippen LogP contribution is -2.32. The Balaban J connectivity index is 2.35. The quantitative estimate of drug-likeness (QED) is 0.832. The fraction of sp³-hybridized carbons (Fsp3) is 0.333. The van der Waals surface area contributed by atoms with E-state index < -0.39 is 10.0 Å². The number of hydrogen-bond acceptors (Lipinski definition) is 4. The average molecular weight is 349 g/mol. The summed E-state index contributed by atoms with van der Waals surface area (Å²) in [6.45, 7) is 3.94. The van der Waals surface area contributed by atoms with E-state index in [1.807, 2.05) is 38.1 Å². The molecule has 1 N–H and O–H groups in total. The smallest absolute Gasteiger partial charge is 0.244 e. The molecular weight excluding hydrogens is 326 g/mol. The van der Waals surface area contributed by atoms with Crippen LogP contribution in [0.3, 0.4) is 0 Å². The largest absolute Gasteiger partial charge is 0.497 e. The summed E-state index contributed by atoms with van der Waals surface area (Å²) in [5.41, 5.74) is 0.879. The zero-order chi connectivity index (χ0) is 17.7. The van der Waals surface area contributed by atoms with Crippen LogP contribution >= 0.6 is 0 Å². The van der Waals surface area contributed by atoms with Crippen LogP contribution in [0.5, 0.6) is 11.5 Å². The van der Waals surface area contributed by atoms with Gasteiger partial charge in [0, 0.05) is 6.04 Å². The molecule has 2 aromatic carbocycles. The van der Waals surface area contributed by atoms with Gasteiger partial charge in [-0.05, 0) is 35.7 Å². The van der Waals surface area contributed by atoms with Crippen LogP contribution in [-0.4, -0.2) is 22.6 Å². The summed E-state index contributed by atoms with van der Waals surface area (Å²) in [4.78, 5) is 0.131. The fourth-order valence-corrected chi connectivity index (χ4v) is 4.02. The van der Waals surface area contributed by atoms with E-state index in [1.165, 1.54) is 13.2 Å². The van der Waals surface area contributed by atoms with Gasteiger partial charge in [0.25, 0.3) is 0 Å². The minimum Gasteiger partial charge on any atom is -0.497 e. The Labute approximate surface area is 143 Å². The Morgan fingerprint density at radius 2 is 1.54 bits per heavy atom. The predicted octanol–water partition coefficient (Wildman–Crippen LogP) is 3.38. The van der Waals surface area contributed by atoms with Crippen LogP contribution in [0, 0.1) is 5.92 Å². The molecule has 0 saturated carbocycles. The zero-order valence-electron chi connectivity index (χ0n) is 14.3. The summed E-state index contributed by atoms with van der Waals surface area (Å²) in [5.74, 6) is 1.12. The molecule has 0 spiro atoms. The SMILES string of the molecule is COc1ccc(C(NS(=O)(=O)c2ccccc2OC)C(C)C)cc1. The van der Waals surface area contributed by atoms with E-state index in [0.717, 1.165) is 11.3 Å². The highest BCUT2D eigenvalue weighted by atomic mass is 32.2. The van der Waals surface area contributed by atoms with Gasteiger partial charge < -0.3 is 9.47 Å². The van der Waals surface area contributed by atoms with Crippen molar-refractivity contribution < 1.29 is 17.9 Å². The third-order valence-electron chi connectivity index (χ3n) is 3.78. The lowest BCUT2D eigenvalue weighted by atomic mass is 9.97. The first-order chi connectivity index (χ1) is 11.4. The van der Waals surface area contributed by atoms with Gasteiger partial charge in [0.2, 0.25) is 10.0 Å². The molecule has 1 unspecified atom stereocenters. The van der Waals surface area contributed by atoms with Gasteiger partial charge in [-0.1, -0.05) is 38.1 Å². The lowest BCUT2D eigenvalue weighted by molar-refractivity contribution is 0.400. The average Bonchev–Trinajstić information content (AvgIpc) is 2.59. The third-order valence-corrected chi connectivity index (χ3v) is 5.26. The van der Waals surface area contributed by atoms with Crippen molar-refractivity contribution in [2.45, 2.75) is 24.8 Å². The van der Waals surface area contributed by atoms with Crippen LogP contribution < -0.4 is 14.2 Å². The Bertz CT molecular complexity index is 770. The van der Waals surface area contributed by atoms with Crippen LogP contribution in [0.15, 0.2) is 53.4 Å². The first-order valence-electron chi connectivity index (χ1n) is 7.68. The van der Waals surface area contributed by atoms with Crippen molar-refractivity contribution in [3.63, 3.8) is 0 Å². The predicted molar refractivity (Wildman–Crippen MR) is 93.9 cm³/mol. The molecule has 130 valence electrons. The number of hydrogen-bond donors (Lipinski definition) is 1. The number of benzene rings is 2. The minimum absolute atomic E-state index is 0.0721. The number of ether oxygens (including phenoxy) is 2. The highest BCUT2D eigenvalue weighted by molar-refractivity contribution is 7.89. The van der Waals surface area contributed by atoms with Gasteiger partial charge in [-0.25, -0.2) is 13.1 Å². The molecule has 2 rings (SSSR count). The molecule has 0 heterocycles. The van der Waals surface area contributed by atoms with Gasteiger partial charge in [-0.3, -0.25) is 0 Å². The van der Waals surface area contributed by atoms with Crippen molar-refractivity contribution >= 4 is 10.0 Å². The highest BCUT2D eigenvalue weighted by Crippen LogP contribution is 2.29. The normalized spacial score (nSPS) is 12.9. The molecular formula is C18H23NO4S. The van der Waals surface area contributed by atoms with Crippen LogP contribution in [-0.2, 0) is 10.0 Å². The van der Waals surface area contributed by atoms with Crippen molar-refractivity contribution in [1.82, 2.24) is 4.72 Å². The van der Waals surface area contributed by atoms with Gasteiger partial charge in [0.15, 0.2) is 0 Å². The molecule has 5 nitrogen and oxygen atoms in total. The van der Waals surface area contributed by atoms with Crippen molar-refractivity contribution in [2.75, 3.05) is 14.2 Å². The Kier molecular flexibility index (Phi) is 5.85. The third kappa shape index (κ3) is 4.07. The molecule has 0 bridgehead atoms. The molecule has 0 aliphatic rings. The maximum Gasteiger partial charge on any atom is 0.244 e. The first kappa shape index (κ1) is 18.3. The van der Waals surface area contributed by atoms with E-state index >= 15 is 0 Å². The Hall–Kier alpha value is -2.05. The number of sulfonamides is 1. The summed E-state index contributed by atoms with van der Waals surface area (Å²) in [7, 11) is -0.665. The van der Waals surface area contributed by atoms with E-state index in [2.05, 4.69) is 4.72 Å². The van der Waals surface area contributed by atoms with Gasteiger partial charge >= 0.3 is 0 Å². The summed E-state index contributed by atoms with van der Waals surface area (Å²) >= 11 is 0. The number of methoxy groups -OCH3 is 2. The molecule has 0 aliphatic heterocycles. The number of nitrogens with one attached hydrogen (secondary N) is 1. The molecule has 2 aromatic rings. The fourth-order valence-electron chi connectivity index (χ4n) is 2.47. The van der Waals surface area contributed by atoms with Crippen molar-refractivity contribution in [3.8, 4) is 11.5 Å². The van der Waals surface area contributed by atoms with E-state index in [-0.39, 0.29) is 16.9 Å².